The molecule has 3 aliphatic rings. The molecule has 0 aromatic rings. The first-order valence-corrected chi connectivity index (χ1v) is 4.14. The molecule has 1 heteroatoms. The van der Waals surface area contributed by atoms with Crippen LogP contribution in [0.25, 0.3) is 0 Å². The Morgan fingerprint density at radius 3 is 3.08 bits per heavy atom. The van der Waals surface area contributed by atoms with Crippen molar-refractivity contribution in [1.82, 2.24) is 0 Å². The fraction of sp³-hybridized carbons (Fsp3) is 0.182. The Bertz CT molecular complexity index is 393. The van der Waals surface area contributed by atoms with E-state index in [2.05, 4.69) is 12.2 Å². The van der Waals surface area contributed by atoms with Crippen molar-refractivity contribution in [3.05, 3.63) is 47.6 Å². The monoisotopic (exact) mass is 156 g/mol. The molecule has 0 bridgehead atoms. The van der Waals surface area contributed by atoms with Gasteiger partial charge in [-0.15, -0.1) is 0 Å². The third-order valence-electron chi connectivity index (χ3n) is 2.81. The maximum absolute atomic E-state index is 11.1. The van der Waals surface area contributed by atoms with Crippen molar-refractivity contribution >= 4 is 5.78 Å². The van der Waals surface area contributed by atoms with Crippen LogP contribution >= 0.6 is 0 Å². The maximum Gasteiger partial charge on any atom is 0.178 e. The quantitative estimate of drug-likeness (QED) is 0.523. The molecule has 3 rings (SSSR count). The lowest BCUT2D eigenvalue weighted by molar-refractivity contribution is -0.110. The number of carbonyl (C=O) groups excluding carboxylic acids is 1. The van der Waals surface area contributed by atoms with Crippen LogP contribution in [0.15, 0.2) is 47.6 Å². The standard InChI is InChI=1S/C11H8O/c12-10-5-8-3-1-2-4-11(8)7-9(11)6-10/h1-6H,7H2. The molecular formula is C11H8O. The van der Waals surface area contributed by atoms with Gasteiger partial charge in [-0.1, -0.05) is 29.9 Å². The normalized spacial score (nSPS) is 35.2. The van der Waals surface area contributed by atoms with E-state index in [9.17, 15) is 4.79 Å². The fourth-order valence-corrected chi connectivity index (χ4v) is 2.06. The van der Waals surface area contributed by atoms with Crippen LogP contribution in [0, 0.1) is 5.41 Å². The molecule has 12 heavy (non-hydrogen) atoms. The number of hydrogen-bond acceptors (Lipinski definition) is 1. The third kappa shape index (κ3) is 0.572. The summed E-state index contributed by atoms with van der Waals surface area (Å²) in [6.45, 7) is 0. The van der Waals surface area contributed by atoms with Gasteiger partial charge >= 0.3 is 0 Å². The molecule has 3 aliphatic carbocycles. The molecule has 0 N–H and O–H groups in total. The molecule has 0 aliphatic heterocycles. The van der Waals surface area contributed by atoms with E-state index in [1.54, 1.807) is 12.2 Å². The SMILES string of the molecule is O=C1C=C2C=CC=CC23CC3=C1. The molecule has 0 heterocycles. The zero-order valence-corrected chi connectivity index (χ0v) is 6.58. The van der Waals surface area contributed by atoms with Crippen molar-refractivity contribution in [1.29, 1.82) is 0 Å². The van der Waals surface area contributed by atoms with E-state index in [0.29, 0.717) is 0 Å². The highest BCUT2D eigenvalue weighted by Gasteiger charge is 2.51. The van der Waals surface area contributed by atoms with E-state index in [4.69, 9.17) is 0 Å². The zero-order chi connectivity index (χ0) is 8.18. The minimum atomic E-state index is 0.146. The Morgan fingerprint density at radius 2 is 2.17 bits per heavy atom. The van der Waals surface area contributed by atoms with Crippen LogP contribution in [0.3, 0.4) is 0 Å². The summed E-state index contributed by atoms with van der Waals surface area (Å²) in [7, 11) is 0. The molecule has 0 aromatic carbocycles. The average Bonchev–Trinajstić information content (AvgIpc) is 2.73. The minimum absolute atomic E-state index is 0.146. The van der Waals surface area contributed by atoms with E-state index in [1.165, 1.54) is 11.1 Å². The highest BCUT2D eigenvalue weighted by atomic mass is 16.1. The summed E-state index contributed by atoms with van der Waals surface area (Å²) in [5.74, 6) is 0.146. The first kappa shape index (κ1) is 6.18. The summed E-state index contributed by atoms with van der Waals surface area (Å²) in [6.07, 6.45) is 12.9. The van der Waals surface area contributed by atoms with Gasteiger partial charge in [0.15, 0.2) is 5.78 Å². The molecule has 0 aromatic heterocycles. The molecule has 0 radical (unpaired) electrons. The van der Waals surface area contributed by atoms with E-state index in [-0.39, 0.29) is 11.2 Å². The summed E-state index contributed by atoms with van der Waals surface area (Å²) in [5, 5.41) is 0. The van der Waals surface area contributed by atoms with Crippen LogP contribution in [-0.4, -0.2) is 5.78 Å². The molecule has 58 valence electrons. The van der Waals surface area contributed by atoms with Crippen molar-refractivity contribution < 1.29 is 4.79 Å². The van der Waals surface area contributed by atoms with Crippen molar-refractivity contribution in [2.75, 3.05) is 0 Å². The number of hydrogen-bond donors (Lipinski definition) is 0. The molecule has 1 fully saturated rings. The fourth-order valence-electron chi connectivity index (χ4n) is 2.06. The van der Waals surface area contributed by atoms with Gasteiger partial charge in [0.05, 0.1) is 0 Å². The Hall–Kier alpha value is -1.37. The maximum atomic E-state index is 11.1. The summed E-state index contributed by atoms with van der Waals surface area (Å²) in [5.41, 5.74) is 2.61. The van der Waals surface area contributed by atoms with Gasteiger partial charge in [-0.3, -0.25) is 4.79 Å². The van der Waals surface area contributed by atoms with Gasteiger partial charge in [0.25, 0.3) is 0 Å². The molecule has 1 spiro atoms. The summed E-state index contributed by atoms with van der Waals surface area (Å²) < 4.78 is 0. The lowest BCUT2D eigenvalue weighted by Crippen LogP contribution is -2.08. The third-order valence-corrected chi connectivity index (χ3v) is 2.81. The molecule has 0 amide bonds. The van der Waals surface area contributed by atoms with E-state index in [1.807, 2.05) is 12.2 Å². The largest absolute Gasteiger partial charge is 0.290 e. The highest BCUT2D eigenvalue weighted by Crippen LogP contribution is 2.61. The second-order valence-electron chi connectivity index (χ2n) is 3.54. The number of ketones is 1. The topological polar surface area (TPSA) is 17.1 Å². The average molecular weight is 156 g/mol. The van der Waals surface area contributed by atoms with Gasteiger partial charge < -0.3 is 0 Å². The predicted octanol–water partition coefficient (Wildman–Crippen LogP) is 1.94. The van der Waals surface area contributed by atoms with Crippen LogP contribution in [0.1, 0.15) is 6.42 Å². The number of carbonyl (C=O) groups is 1. The Balaban J connectivity index is 2.21. The lowest BCUT2D eigenvalue weighted by atomic mass is 9.87. The van der Waals surface area contributed by atoms with Crippen molar-refractivity contribution in [2.45, 2.75) is 6.42 Å². The van der Waals surface area contributed by atoms with Gasteiger partial charge in [-0.05, 0) is 24.1 Å². The number of allylic oxidation sites excluding steroid dienone is 8. The first-order chi connectivity index (χ1) is 5.81. The van der Waals surface area contributed by atoms with Crippen LogP contribution in [0.5, 0.6) is 0 Å². The van der Waals surface area contributed by atoms with Gasteiger partial charge in [0.1, 0.15) is 0 Å². The molecule has 1 atom stereocenters. The smallest absolute Gasteiger partial charge is 0.178 e. The molecule has 1 unspecified atom stereocenters. The lowest BCUT2D eigenvalue weighted by Gasteiger charge is -2.16. The molecular weight excluding hydrogens is 148 g/mol. The van der Waals surface area contributed by atoms with Crippen molar-refractivity contribution in [2.24, 2.45) is 5.41 Å². The number of rotatable bonds is 0. The van der Waals surface area contributed by atoms with E-state index < -0.39 is 0 Å². The summed E-state index contributed by atoms with van der Waals surface area (Å²) in [6, 6.07) is 0. The van der Waals surface area contributed by atoms with Crippen LogP contribution < -0.4 is 0 Å². The molecule has 1 saturated carbocycles. The van der Waals surface area contributed by atoms with Crippen molar-refractivity contribution in [3.63, 3.8) is 0 Å². The van der Waals surface area contributed by atoms with Crippen LogP contribution in [-0.2, 0) is 4.79 Å². The van der Waals surface area contributed by atoms with Gasteiger partial charge in [0.2, 0.25) is 0 Å². The van der Waals surface area contributed by atoms with E-state index in [0.717, 1.165) is 6.42 Å². The van der Waals surface area contributed by atoms with Gasteiger partial charge in [0, 0.05) is 5.41 Å². The second-order valence-corrected chi connectivity index (χ2v) is 3.54. The van der Waals surface area contributed by atoms with Crippen molar-refractivity contribution in [3.8, 4) is 0 Å². The Kier molecular flexibility index (Phi) is 0.868. The van der Waals surface area contributed by atoms with Gasteiger partial charge in [-0.25, -0.2) is 0 Å². The van der Waals surface area contributed by atoms with Crippen LogP contribution in [0.2, 0.25) is 0 Å². The minimum Gasteiger partial charge on any atom is -0.290 e. The summed E-state index contributed by atoms with van der Waals surface area (Å²) in [4.78, 5) is 11.1. The van der Waals surface area contributed by atoms with E-state index >= 15 is 0 Å². The molecule has 1 nitrogen and oxygen atoms in total. The Morgan fingerprint density at radius 1 is 1.25 bits per heavy atom. The van der Waals surface area contributed by atoms with Crippen LogP contribution in [0.4, 0.5) is 0 Å². The summed E-state index contributed by atoms with van der Waals surface area (Å²) >= 11 is 0. The predicted molar refractivity (Wildman–Crippen MR) is 46.5 cm³/mol. The second kappa shape index (κ2) is 1.69. The van der Waals surface area contributed by atoms with Gasteiger partial charge in [-0.2, -0.15) is 0 Å². The molecule has 0 saturated heterocycles. The first-order valence-electron chi connectivity index (χ1n) is 4.14. The highest BCUT2D eigenvalue weighted by molar-refractivity contribution is 6.04. The Labute approximate surface area is 70.8 Å². The zero-order valence-electron chi connectivity index (χ0n) is 6.58.